The first-order chi connectivity index (χ1) is 9.24. The third-order valence-electron chi connectivity index (χ3n) is 2.96. The Balaban J connectivity index is 1.95. The smallest absolute Gasteiger partial charge is 0.161 e. The van der Waals surface area contributed by atoms with E-state index in [2.05, 4.69) is 39.3 Å². The van der Waals surface area contributed by atoms with E-state index in [1.54, 1.807) is 12.4 Å². The van der Waals surface area contributed by atoms with Crippen molar-refractivity contribution in [3.05, 3.63) is 42.4 Å². The molecule has 0 bridgehead atoms. The van der Waals surface area contributed by atoms with Crippen LogP contribution in [0.25, 0.3) is 10.9 Å². The average Bonchev–Trinajstić information content (AvgIpc) is 2.83. The number of nitrogens with one attached hydrogen (secondary N) is 2. The van der Waals surface area contributed by atoms with E-state index in [1.165, 1.54) is 0 Å². The monoisotopic (exact) mass is 253 g/mol. The first kappa shape index (κ1) is 11.6. The minimum atomic E-state index is 0.352. The Bertz CT molecular complexity index is 702. The van der Waals surface area contributed by atoms with Gasteiger partial charge in [0.2, 0.25) is 0 Å². The maximum atomic E-state index is 4.53. The molecular formula is C14H15N5. The second-order valence-corrected chi connectivity index (χ2v) is 4.73. The Morgan fingerprint density at radius 2 is 2.00 bits per heavy atom. The highest BCUT2D eigenvalue weighted by Crippen LogP contribution is 2.23. The summed E-state index contributed by atoms with van der Waals surface area (Å²) < 4.78 is 0. The van der Waals surface area contributed by atoms with Crippen LogP contribution in [0.5, 0.6) is 0 Å². The number of anilines is 2. The lowest BCUT2D eigenvalue weighted by Gasteiger charge is -2.07. The number of nitrogens with zero attached hydrogens (tertiary/aromatic N) is 3. The fourth-order valence-corrected chi connectivity index (χ4v) is 1.90. The van der Waals surface area contributed by atoms with E-state index in [-0.39, 0.29) is 0 Å². The third kappa shape index (κ3) is 2.27. The summed E-state index contributed by atoms with van der Waals surface area (Å²) in [5.74, 6) is 1.83. The van der Waals surface area contributed by atoms with Crippen LogP contribution in [0.15, 0.2) is 36.7 Å². The van der Waals surface area contributed by atoms with Crippen molar-refractivity contribution in [3.63, 3.8) is 0 Å². The van der Waals surface area contributed by atoms with E-state index in [0.717, 1.165) is 22.4 Å². The minimum absolute atomic E-state index is 0.352. The molecule has 96 valence electrons. The average molecular weight is 253 g/mol. The number of aromatic nitrogens is 4. The van der Waals surface area contributed by atoms with Gasteiger partial charge in [0.25, 0.3) is 0 Å². The Morgan fingerprint density at radius 1 is 1.16 bits per heavy atom. The largest absolute Gasteiger partial charge is 0.322 e. The second-order valence-electron chi connectivity index (χ2n) is 4.73. The Morgan fingerprint density at radius 3 is 2.84 bits per heavy atom. The van der Waals surface area contributed by atoms with Crippen molar-refractivity contribution in [1.82, 2.24) is 20.2 Å². The highest BCUT2D eigenvalue weighted by molar-refractivity contribution is 5.90. The zero-order valence-electron chi connectivity index (χ0n) is 10.9. The molecule has 5 nitrogen and oxygen atoms in total. The van der Waals surface area contributed by atoms with Gasteiger partial charge in [-0.05, 0) is 18.1 Å². The number of fused-ring (bicyclic) bond motifs is 1. The van der Waals surface area contributed by atoms with Gasteiger partial charge in [0.15, 0.2) is 5.82 Å². The van der Waals surface area contributed by atoms with Crippen molar-refractivity contribution < 1.29 is 0 Å². The van der Waals surface area contributed by atoms with Gasteiger partial charge in [-0.2, -0.15) is 5.10 Å². The Labute approximate surface area is 111 Å². The molecule has 2 aromatic heterocycles. The van der Waals surface area contributed by atoms with Crippen molar-refractivity contribution in [2.24, 2.45) is 0 Å². The first-order valence-electron chi connectivity index (χ1n) is 6.26. The van der Waals surface area contributed by atoms with Crippen LogP contribution in [0.1, 0.15) is 25.5 Å². The number of benzene rings is 1. The van der Waals surface area contributed by atoms with Crippen LogP contribution in [0.4, 0.5) is 11.6 Å². The van der Waals surface area contributed by atoms with Crippen LogP contribution >= 0.6 is 0 Å². The number of hydrogen-bond donors (Lipinski definition) is 2. The van der Waals surface area contributed by atoms with Gasteiger partial charge in [0, 0.05) is 11.6 Å². The molecule has 0 aliphatic heterocycles. The standard InChI is InChI=1S/C14H15N5/c1-9(2)12-7-15-8-13(16-12)17-14-10-5-3-4-6-11(10)18-19-14/h3-9H,1-2H3,(H2,16,17,18,19). The Kier molecular flexibility index (Phi) is 2.87. The van der Waals surface area contributed by atoms with Crippen LogP contribution in [-0.2, 0) is 0 Å². The van der Waals surface area contributed by atoms with Crippen molar-refractivity contribution in [3.8, 4) is 0 Å². The molecule has 2 N–H and O–H groups in total. The van der Waals surface area contributed by atoms with E-state index in [1.807, 2.05) is 24.3 Å². The van der Waals surface area contributed by atoms with E-state index in [9.17, 15) is 0 Å². The first-order valence-corrected chi connectivity index (χ1v) is 6.26. The minimum Gasteiger partial charge on any atom is -0.322 e. The second kappa shape index (κ2) is 4.68. The normalized spacial score (nSPS) is 11.1. The summed E-state index contributed by atoms with van der Waals surface area (Å²) in [6, 6.07) is 7.97. The van der Waals surface area contributed by atoms with E-state index >= 15 is 0 Å². The van der Waals surface area contributed by atoms with E-state index < -0.39 is 0 Å². The molecule has 0 radical (unpaired) electrons. The SMILES string of the molecule is CC(C)c1cncc(Nc2n[nH]c3ccccc23)n1. The maximum absolute atomic E-state index is 4.53. The van der Waals surface area contributed by atoms with Gasteiger partial charge < -0.3 is 5.32 Å². The van der Waals surface area contributed by atoms with Crippen LogP contribution in [-0.4, -0.2) is 20.2 Å². The predicted molar refractivity (Wildman–Crippen MR) is 75.5 cm³/mol. The zero-order valence-corrected chi connectivity index (χ0v) is 10.9. The van der Waals surface area contributed by atoms with Crippen molar-refractivity contribution in [2.45, 2.75) is 19.8 Å². The highest BCUT2D eigenvalue weighted by atomic mass is 15.2. The fraction of sp³-hybridized carbons (Fsp3) is 0.214. The molecule has 0 amide bonds. The summed E-state index contributed by atoms with van der Waals surface area (Å²) >= 11 is 0. The summed E-state index contributed by atoms with van der Waals surface area (Å²) in [4.78, 5) is 8.73. The predicted octanol–water partition coefficient (Wildman–Crippen LogP) is 3.22. The van der Waals surface area contributed by atoms with Gasteiger partial charge in [-0.15, -0.1) is 0 Å². The molecular weight excluding hydrogens is 238 g/mol. The summed E-state index contributed by atoms with van der Waals surface area (Å²) in [6.07, 6.45) is 3.49. The molecule has 2 heterocycles. The molecule has 3 aromatic rings. The Hall–Kier alpha value is -2.43. The molecule has 3 rings (SSSR count). The van der Waals surface area contributed by atoms with Crippen molar-refractivity contribution in [1.29, 1.82) is 0 Å². The molecule has 0 spiro atoms. The topological polar surface area (TPSA) is 66.5 Å². The quantitative estimate of drug-likeness (QED) is 0.752. The lowest BCUT2D eigenvalue weighted by molar-refractivity contribution is 0.814. The van der Waals surface area contributed by atoms with Gasteiger partial charge >= 0.3 is 0 Å². The number of aromatic amines is 1. The van der Waals surface area contributed by atoms with Crippen LogP contribution in [0.2, 0.25) is 0 Å². The molecule has 1 aromatic carbocycles. The molecule has 0 aliphatic carbocycles. The summed E-state index contributed by atoms with van der Waals surface area (Å²) in [5, 5.41) is 11.5. The van der Waals surface area contributed by atoms with Crippen LogP contribution in [0.3, 0.4) is 0 Å². The summed E-state index contributed by atoms with van der Waals surface area (Å²) in [5.41, 5.74) is 1.96. The fourth-order valence-electron chi connectivity index (χ4n) is 1.90. The molecule has 0 saturated heterocycles. The number of H-pyrrole nitrogens is 1. The van der Waals surface area contributed by atoms with Crippen LogP contribution < -0.4 is 5.32 Å². The van der Waals surface area contributed by atoms with E-state index in [4.69, 9.17) is 0 Å². The van der Waals surface area contributed by atoms with Gasteiger partial charge in [-0.1, -0.05) is 26.0 Å². The highest BCUT2D eigenvalue weighted by Gasteiger charge is 2.07. The van der Waals surface area contributed by atoms with Gasteiger partial charge in [-0.25, -0.2) is 4.98 Å². The number of rotatable bonds is 3. The van der Waals surface area contributed by atoms with Gasteiger partial charge in [0.05, 0.1) is 17.4 Å². The lowest BCUT2D eigenvalue weighted by Crippen LogP contribution is -2.00. The van der Waals surface area contributed by atoms with E-state index in [0.29, 0.717) is 11.7 Å². The van der Waals surface area contributed by atoms with Gasteiger partial charge in [-0.3, -0.25) is 10.1 Å². The maximum Gasteiger partial charge on any atom is 0.161 e. The molecule has 19 heavy (non-hydrogen) atoms. The molecule has 0 saturated carbocycles. The molecule has 0 atom stereocenters. The molecule has 5 heteroatoms. The zero-order chi connectivity index (χ0) is 13.2. The molecule has 0 aliphatic rings. The summed E-state index contributed by atoms with van der Waals surface area (Å²) in [6.45, 7) is 4.19. The molecule has 0 fully saturated rings. The molecule has 0 unspecified atom stereocenters. The van der Waals surface area contributed by atoms with Crippen molar-refractivity contribution in [2.75, 3.05) is 5.32 Å². The summed E-state index contributed by atoms with van der Waals surface area (Å²) in [7, 11) is 0. The van der Waals surface area contributed by atoms with Gasteiger partial charge in [0.1, 0.15) is 5.82 Å². The third-order valence-corrected chi connectivity index (χ3v) is 2.96. The van der Waals surface area contributed by atoms with Crippen molar-refractivity contribution >= 4 is 22.5 Å². The number of para-hydroxylation sites is 1. The van der Waals surface area contributed by atoms with Crippen LogP contribution in [0, 0.1) is 0 Å². The lowest BCUT2D eigenvalue weighted by atomic mass is 10.1. The number of hydrogen-bond acceptors (Lipinski definition) is 4.